The second-order valence-electron chi connectivity index (χ2n) is 14.5. The number of rotatable bonds is 14. The molecule has 4 atom stereocenters. The molecule has 3 rings (SSSR count). The van der Waals surface area contributed by atoms with Crippen LogP contribution in [0.4, 0.5) is 9.59 Å². The Morgan fingerprint density at radius 3 is 1.74 bits per heavy atom. The highest BCUT2D eigenvalue weighted by atomic mass is 16.5. The molecule has 0 unspecified atom stereocenters. The summed E-state index contributed by atoms with van der Waals surface area (Å²) in [6, 6.07) is 19.8. The van der Waals surface area contributed by atoms with Gasteiger partial charge >= 0.3 is 12.2 Å². The molecule has 0 aliphatic carbocycles. The summed E-state index contributed by atoms with van der Waals surface area (Å²) in [5.41, 5.74) is 4.88. The number of nitrogens with one attached hydrogen (secondary N) is 4. The van der Waals surface area contributed by atoms with Crippen molar-refractivity contribution in [3.8, 4) is 11.3 Å². The molecule has 0 aliphatic heterocycles. The van der Waals surface area contributed by atoms with Crippen molar-refractivity contribution in [3.63, 3.8) is 0 Å². The Labute approximate surface area is 314 Å². The SMILES string of the molecule is CC.COC(=O)N[C@H](C(=O)N[C@@H](Cc1ccccc1)[C@@H](O)CN(Cc1ccc(-c2ccccn2)cc1)NC(=O)[C@@H](NC(=O)OC)C(C)(C)C)C(C)(C)C. The molecule has 0 saturated carbocycles. The van der Waals surface area contributed by atoms with E-state index in [1.54, 1.807) is 32.0 Å². The topological polar surface area (TPSA) is 171 Å². The van der Waals surface area contributed by atoms with Crippen LogP contribution in [0.1, 0.15) is 66.5 Å². The van der Waals surface area contributed by atoms with Gasteiger partial charge < -0.3 is 30.5 Å². The van der Waals surface area contributed by atoms with Gasteiger partial charge in [0, 0.05) is 24.8 Å². The van der Waals surface area contributed by atoms with Crippen LogP contribution in [0, 0.1) is 10.8 Å². The number of aliphatic hydroxyl groups excluding tert-OH is 1. The van der Waals surface area contributed by atoms with Gasteiger partial charge in [0.15, 0.2) is 0 Å². The largest absolute Gasteiger partial charge is 0.453 e. The molecular weight excluding hydrogens is 676 g/mol. The number of carbonyl (C=O) groups excluding carboxylic acids is 4. The van der Waals surface area contributed by atoms with Gasteiger partial charge in [-0.2, -0.15) is 0 Å². The Morgan fingerprint density at radius 2 is 1.25 bits per heavy atom. The molecule has 0 spiro atoms. The van der Waals surface area contributed by atoms with Crippen molar-refractivity contribution < 1.29 is 33.8 Å². The van der Waals surface area contributed by atoms with Crippen LogP contribution in [-0.4, -0.2) is 84.1 Å². The van der Waals surface area contributed by atoms with Gasteiger partial charge in [0.25, 0.3) is 5.91 Å². The van der Waals surface area contributed by atoms with E-state index in [1.165, 1.54) is 14.2 Å². The molecule has 0 radical (unpaired) electrons. The van der Waals surface area contributed by atoms with E-state index in [0.29, 0.717) is 0 Å². The lowest BCUT2D eigenvalue weighted by atomic mass is 9.85. The van der Waals surface area contributed by atoms with E-state index in [-0.39, 0.29) is 19.5 Å². The van der Waals surface area contributed by atoms with Crippen molar-refractivity contribution in [2.75, 3.05) is 20.8 Å². The van der Waals surface area contributed by atoms with Crippen LogP contribution in [0.15, 0.2) is 79.0 Å². The smallest absolute Gasteiger partial charge is 0.407 e. The first-order chi connectivity index (χ1) is 25.0. The number of alkyl carbamates (subject to hydrolysis) is 2. The molecule has 290 valence electrons. The number of hydrogen-bond donors (Lipinski definition) is 5. The van der Waals surface area contributed by atoms with Gasteiger partial charge in [-0.1, -0.05) is 116 Å². The van der Waals surface area contributed by atoms with Crippen LogP contribution >= 0.6 is 0 Å². The fourth-order valence-corrected chi connectivity index (χ4v) is 5.38. The zero-order valence-electron chi connectivity index (χ0n) is 32.7. The number of methoxy groups -OCH3 is 2. The standard InChI is InChI=1S/C38H52N6O7.C2H6/c1-37(2,3)31(41-35(48)50-7)33(46)40-29(22-25-14-10-9-11-15-25)30(45)24-44(43-34(47)32(38(4,5)6)42-36(49)51-8)23-26-17-19-27(20-18-26)28-16-12-13-21-39-28;1-2/h9-21,29-32,45H,22-24H2,1-8H3,(H,40,46)(H,41,48)(H,42,49)(H,43,47);1-2H3/t29-,30-,31+,32+;/m0./s1. The monoisotopic (exact) mass is 734 g/mol. The van der Waals surface area contributed by atoms with Crippen LogP contribution < -0.4 is 21.4 Å². The summed E-state index contributed by atoms with van der Waals surface area (Å²) in [4.78, 5) is 56.3. The van der Waals surface area contributed by atoms with E-state index in [1.807, 2.05) is 107 Å². The van der Waals surface area contributed by atoms with Crippen molar-refractivity contribution in [3.05, 3.63) is 90.1 Å². The van der Waals surface area contributed by atoms with Crippen LogP contribution in [0.3, 0.4) is 0 Å². The zero-order valence-corrected chi connectivity index (χ0v) is 32.7. The van der Waals surface area contributed by atoms with Crippen molar-refractivity contribution in [2.45, 2.75) is 92.6 Å². The Bertz CT molecular complexity index is 1580. The van der Waals surface area contributed by atoms with Crippen LogP contribution in [0.25, 0.3) is 11.3 Å². The van der Waals surface area contributed by atoms with E-state index in [9.17, 15) is 24.3 Å². The molecule has 0 bridgehead atoms. The predicted octanol–water partition coefficient (Wildman–Crippen LogP) is 5.24. The molecule has 13 nitrogen and oxygen atoms in total. The summed E-state index contributed by atoms with van der Waals surface area (Å²) in [6.07, 6.45) is -0.778. The van der Waals surface area contributed by atoms with Crippen molar-refractivity contribution in [2.24, 2.45) is 10.8 Å². The lowest BCUT2D eigenvalue weighted by Crippen LogP contribution is -2.60. The molecule has 2 aromatic carbocycles. The van der Waals surface area contributed by atoms with Gasteiger partial charge in [-0.3, -0.25) is 20.0 Å². The van der Waals surface area contributed by atoms with E-state index in [0.717, 1.165) is 22.4 Å². The highest BCUT2D eigenvalue weighted by molar-refractivity contribution is 5.87. The summed E-state index contributed by atoms with van der Waals surface area (Å²) < 4.78 is 9.54. The highest BCUT2D eigenvalue weighted by Gasteiger charge is 2.37. The van der Waals surface area contributed by atoms with Crippen LogP contribution in [0.5, 0.6) is 0 Å². The number of carbonyl (C=O) groups is 4. The number of hydrazine groups is 1. The minimum atomic E-state index is -1.22. The molecule has 13 heteroatoms. The number of ether oxygens (including phenoxy) is 2. The van der Waals surface area contributed by atoms with Gasteiger partial charge in [0.1, 0.15) is 12.1 Å². The van der Waals surface area contributed by atoms with Gasteiger partial charge in [0.05, 0.1) is 32.1 Å². The molecule has 5 N–H and O–H groups in total. The van der Waals surface area contributed by atoms with Gasteiger partial charge in [-0.25, -0.2) is 14.6 Å². The maximum absolute atomic E-state index is 13.8. The van der Waals surface area contributed by atoms with Gasteiger partial charge in [0.2, 0.25) is 5.91 Å². The van der Waals surface area contributed by atoms with Crippen molar-refractivity contribution in [1.29, 1.82) is 0 Å². The molecule has 0 saturated heterocycles. The fourth-order valence-electron chi connectivity index (χ4n) is 5.38. The summed E-state index contributed by atoms with van der Waals surface area (Å²) in [6.45, 7) is 14.9. The molecule has 3 aromatic rings. The molecular formula is C40H58N6O7. The highest BCUT2D eigenvalue weighted by Crippen LogP contribution is 2.23. The molecule has 1 heterocycles. The summed E-state index contributed by atoms with van der Waals surface area (Å²) in [5.74, 6) is -1.03. The maximum atomic E-state index is 13.8. The zero-order chi connectivity index (χ0) is 39.8. The third-order valence-electron chi connectivity index (χ3n) is 8.21. The minimum absolute atomic E-state index is 0.120. The number of pyridine rings is 1. The summed E-state index contributed by atoms with van der Waals surface area (Å²) >= 11 is 0. The Hall–Kier alpha value is -5.01. The Balaban J connectivity index is 0.00000477. The quantitative estimate of drug-likeness (QED) is 0.139. The summed E-state index contributed by atoms with van der Waals surface area (Å²) in [7, 11) is 2.44. The molecule has 1 aromatic heterocycles. The maximum Gasteiger partial charge on any atom is 0.407 e. The van der Waals surface area contributed by atoms with E-state index < -0.39 is 59.1 Å². The molecule has 53 heavy (non-hydrogen) atoms. The minimum Gasteiger partial charge on any atom is -0.453 e. The summed E-state index contributed by atoms with van der Waals surface area (Å²) in [5, 5.41) is 21.6. The molecule has 4 amide bonds. The number of hydrogen-bond acceptors (Lipinski definition) is 9. The third-order valence-corrected chi connectivity index (χ3v) is 8.21. The second-order valence-corrected chi connectivity index (χ2v) is 14.5. The van der Waals surface area contributed by atoms with Gasteiger partial charge in [-0.15, -0.1) is 0 Å². The van der Waals surface area contributed by atoms with E-state index >= 15 is 0 Å². The first kappa shape index (κ1) is 44.2. The van der Waals surface area contributed by atoms with Crippen molar-refractivity contribution in [1.82, 2.24) is 31.4 Å². The van der Waals surface area contributed by atoms with Gasteiger partial charge in [-0.05, 0) is 40.5 Å². The second kappa shape index (κ2) is 20.9. The molecule has 0 aliphatic rings. The van der Waals surface area contributed by atoms with Crippen LogP contribution in [-0.2, 0) is 32.0 Å². The number of benzene rings is 2. The molecule has 0 fully saturated rings. The first-order valence-corrected chi connectivity index (χ1v) is 17.8. The normalized spacial score (nSPS) is 13.6. The predicted molar refractivity (Wildman–Crippen MR) is 205 cm³/mol. The fraction of sp³-hybridized carbons (Fsp3) is 0.475. The average molecular weight is 735 g/mol. The van der Waals surface area contributed by atoms with E-state index in [2.05, 4.69) is 26.4 Å². The lowest BCUT2D eigenvalue weighted by molar-refractivity contribution is -0.132. The number of aromatic nitrogens is 1. The van der Waals surface area contributed by atoms with Crippen molar-refractivity contribution >= 4 is 24.0 Å². The Kier molecular flexibility index (Phi) is 17.4. The third kappa shape index (κ3) is 14.5. The first-order valence-electron chi connectivity index (χ1n) is 17.8. The van der Waals surface area contributed by atoms with Crippen LogP contribution in [0.2, 0.25) is 0 Å². The number of aliphatic hydroxyl groups is 1. The number of nitrogens with zero attached hydrogens (tertiary/aromatic N) is 2. The Morgan fingerprint density at radius 1 is 0.717 bits per heavy atom. The van der Waals surface area contributed by atoms with E-state index in [4.69, 9.17) is 9.47 Å². The lowest BCUT2D eigenvalue weighted by Gasteiger charge is -2.35. The average Bonchev–Trinajstić information content (AvgIpc) is 3.13. The number of amides is 4.